The van der Waals surface area contributed by atoms with Crippen molar-refractivity contribution in [1.82, 2.24) is 10.7 Å². The molecule has 11 nitrogen and oxygen atoms in total. The predicted octanol–water partition coefficient (Wildman–Crippen LogP) is 2.82. The molecule has 198 valence electrons. The summed E-state index contributed by atoms with van der Waals surface area (Å²) in [6, 6.07) is 16.1. The number of hydrazone groups is 1. The summed E-state index contributed by atoms with van der Waals surface area (Å²) in [5.74, 6) is 0.294. The summed E-state index contributed by atoms with van der Waals surface area (Å²) >= 11 is 0. The molecule has 0 saturated carbocycles. The van der Waals surface area contributed by atoms with Crippen LogP contribution in [0.5, 0.6) is 28.7 Å². The molecular weight excluding hydrogens is 494 g/mol. The molecule has 0 bridgehead atoms. The number of carbonyl (C=O) groups excluding carboxylic acids is 3. The van der Waals surface area contributed by atoms with E-state index in [4.69, 9.17) is 23.7 Å². The van der Waals surface area contributed by atoms with E-state index in [2.05, 4.69) is 15.8 Å². The number of amides is 2. The van der Waals surface area contributed by atoms with Crippen molar-refractivity contribution in [2.24, 2.45) is 5.10 Å². The first-order chi connectivity index (χ1) is 18.4. The lowest BCUT2D eigenvalue weighted by Gasteiger charge is -2.14. The SMILES string of the molecule is COc1ccc(C(=O)Oc2cccc(/C=N/NC(=O)CNC(=O)c3cc(OC)c(OC)c(OC)c3)c2)cc1. The lowest BCUT2D eigenvalue weighted by Crippen LogP contribution is -2.34. The minimum Gasteiger partial charge on any atom is -0.497 e. The van der Waals surface area contributed by atoms with Crippen LogP contribution in [0.2, 0.25) is 0 Å². The van der Waals surface area contributed by atoms with Gasteiger partial charge in [0.15, 0.2) is 11.5 Å². The van der Waals surface area contributed by atoms with Crippen LogP contribution in [0.15, 0.2) is 65.8 Å². The second-order valence-electron chi connectivity index (χ2n) is 7.58. The number of rotatable bonds is 11. The molecule has 0 spiro atoms. The molecule has 0 radical (unpaired) electrons. The summed E-state index contributed by atoms with van der Waals surface area (Å²) in [5.41, 5.74) is 3.49. The third-order valence-corrected chi connectivity index (χ3v) is 5.13. The smallest absolute Gasteiger partial charge is 0.343 e. The second-order valence-corrected chi connectivity index (χ2v) is 7.58. The van der Waals surface area contributed by atoms with Crippen molar-refractivity contribution in [2.45, 2.75) is 0 Å². The lowest BCUT2D eigenvalue weighted by molar-refractivity contribution is -0.120. The van der Waals surface area contributed by atoms with Crippen LogP contribution in [-0.4, -0.2) is 59.0 Å². The first-order valence-electron chi connectivity index (χ1n) is 11.2. The molecule has 0 saturated heterocycles. The summed E-state index contributed by atoms with van der Waals surface area (Å²) < 4.78 is 26.2. The zero-order valence-corrected chi connectivity index (χ0v) is 21.3. The molecule has 0 aliphatic carbocycles. The summed E-state index contributed by atoms with van der Waals surface area (Å²) in [6.45, 7) is -0.327. The van der Waals surface area contributed by atoms with Gasteiger partial charge in [0, 0.05) is 5.56 Å². The Labute approximate surface area is 219 Å². The molecule has 2 amide bonds. The van der Waals surface area contributed by atoms with Crippen LogP contribution in [0.1, 0.15) is 26.3 Å². The van der Waals surface area contributed by atoms with Crippen molar-refractivity contribution in [3.63, 3.8) is 0 Å². The number of nitrogens with zero attached hydrogens (tertiary/aromatic N) is 1. The fraction of sp³-hybridized carbons (Fsp3) is 0.185. The molecular formula is C27H27N3O8. The van der Waals surface area contributed by atoms with Gasteiger partial charge in [0.25, 0.3) is 11.8 Å². The van der Waals surface area contributed by atoms with Crippen LogP contribution >= 0.6 is 0 Å². The molecule has 0 aromatic heterocycles. The number of methoxy groups -OCH3 is 4. The molecule has 0 aliphatic rings. The Morgan fingerprint density at radius 3 is 2.08 bits per heavy atom. The van der Waals surface area contributed by atoms with Crippen LogP contribution in [0, 0.1) is 0 Å². The van der Waals surface area contributed by atoms with Crippen molar-refractivity contribution in [1.29, 1.82) is 0 Å². The van der Waals surface area contributed by atoms with Gasteiger partial charge in [-0.2, -0.15) is 5.10 Å². The normalized spacial score (nSPS) is 10.4. The van der Waals surface area contributed by atoms with Gasteiger partial charge in [-0.1, -0.05) is 12.1 Å². The first-order valence-corrected chi connectivity index (χ1v) is 11.2. The molecule has 0 heterocycles. The second kappa shape index (κ2) is 13.3. The Morgan fingerprint density at radius 2 is 1.47 bits per heavy atom. The molecule has 3 aromatic rings. The van der Waals surface area contributed by atoms with E-state index in [1.54, 1.807) is 48.5 Å². The fourth-order valence-corrected chi connectivity index (χ4v) is 3.24. The van der Waals surface area contributed by atoms with Gasteiger partial charge in [0.2, 0.25) is 5.75 Å². The molecule has 3 rings (SSSR count). The van der Waals surface area contributed by atoms with Crippen molar-refractivity contribution in [2.75, 3.05) is 35.0 Å². The number of esters is 1. The lowest BCUT2D eigenvalue weighted by atomic mass is 10.1. The summed E-state index contributed by atoms with van der Waals surface area (Å²) in [5, 5.41) is 6.38. The van der Waals surface area contributed by atoms with Crippen molar-refractivity contribution < 1.29 is 38.1 Å². The third-order valence-electron chi connectivity index (χ3n) is 5.13. The average Bonchev–Trinajstić information content (AvgIpc) is 2.95. The molecule has 0 unspecified atom stereocenters. The Kier molecular flexibility index (Phi) is 9.64. The van der Waals surface area contributed by atoms with E-state index in [9.17, 15) is 14.4 Å². The number of nitrogens with one attached hydrogen (secondary N) is 2. The van der Waals surface area contributed by atoms with Gasteiger partial charge in [0.1, 0.15) is 11.5 Å². The minimum atomic E-state index is -0.552. The van der Waals surface area contributed by atoms with Gasteiger partial charge >= 0.3 is 5.97 Å². The van der Waals surface area contributed by atoms with Crippen LogP contribution in [-0.2, 0) is 4.79 Å². The van der Waals surface area contributed by atoms with Gasteiger partial charge in [-0.3, -0.25) is 9.59 Å². The maximum absolute atomic E-state index is 12.5. The number of hydrogen-bond donors (Lipinski definition) is 2. The van der Waals surface area contributed by atoms with E-state index in [0.29, 0.717) is 39.9 Å². The first kappa shape index (κ1) is 27.5. The van der Waals surface area contributed by atoms with Gasteiger partial charge in [0.05, 0.1) is 46.8 Å². The van der Waals surface area contributed by atoms with Crippen molar-refractivity contribution in [3.05, 3.63) is 77.4 Å². The Balaban J connectivity index is 1.53. The summed E-state index contributed by atoms with van der Waals surface area (Å²) in [4.78, 5) is 37.0. The van der Waals surface area contributed by atoms with Crippen LogP contribution in [0.4, 0.5) is 0 Å². The standard InChI is InChI=1S/C27H27N3O8/c1-34-20-10-8-18(9-11-20)27(33)38-21-7-5-6-17(12-21)15-29-30-24(31)16-28-26(32)19-13-22(35-2)25(37-4)23(14-19)36-3/h5-15H,16H2,1-4H3,(H,28,32)(H,30,31)/b29-15+. The maximum Gasteiger partial charge on any atom is 0.343 e. The van der Waals surface area contributed by atoms with Crippen molar-refractivity contribution >= 4 is 24.0 Å². The summed E-state index contributed by atoms with van der Waals surface area (Å²) in [7, 11) is 5.86. The van der Waals surface area contributed by atoms with Gasteiger partial charge in [-0.05, 0) is 54.1 Å². The minimum absolute atomic E-state index is 0.219. The highest BCUT2D eigenvalue weighted by atomic mass is 16.5. The van der Waals surface area contributed by atoms with Gasteiger partial charge in [-0.15, -0.1) is 0 Å². The number of hydrogen-bond acceptors (Lipinski definition) is 9. The molecule has 0 atom stereocenters. The summed E-state index contributed by atoms with van der Waals surface area (Å²) in [6.07, 6.45) is 1.38. The highest BCUT2D eigenvalue weighted by Gasteiger charge is 2.17. The third kappa shape index (κ3) is 7.23. The van der Waals surface area contributed by atoms with E-state index in [1.165, 1.54) is 46.8 Å². The maximum atomic E-state index is 12.5. The van der Waals surface area contributed by atoms with E-state index in [0.717, 1.165) is 0 Å². The molecule has 2 N–H and O–H groups in total. The Morgan fingerprint density at radius 1 is 0.789 bits per heavy atom. The largest absolute Gasteiger partial charge is 0.497 e. The molecule has 0 fully saturated rings. The molecule has 3 aromatic carbocycles. The Bertz CT molecular complexity index is 1300. The van der Waals surface area contributed by atoms with E-state index in [-0.39, 0.29) is 12.1 Å². The highest BCUT2D eigenvalue weighted by molar-refractivity contribution is 5.97. The van der Waals surface area contributed by atoms with E-state index >= 15 is 0 Å². The predicted molar refractivity (Wildman–Crippen MR) is 139 cm³/mol. The topological polar surface area (TPSA) is 134 Å². The molecule has 11 heteroatoms. The Hall–Kier alpha value is -5.06. The zero-order chi connectivity index (χ0) is 27.5. The van der Waals surface area contributed by atoms with Gasteiger partial charge < -0.3 is 29.0 Å². The number of benzene rings is 3. The van der Waals surface area contributed by atoms with Crippen LogP contribution < -0.4 is 34.4 Å². The molecule has 0 aliphatic heterocycles. The van der Waals surface area contributed by atoms with Gasteiger partial charge in [-0.25, -0.2) is 10.2 Å². The van der Waals surface area contributed by atoms with E-state index < -0.39 is 17.8 Å². The molecule has 38 heavy (non-hydrogen) atoms. The number of ether oxygens (including phenoxy) is 5. The van der Waals surface area contributed by atoms with E-state index in [1.807, 2.05) is 0 Å². The van der Waals surface area contributed by atoms with Crippen LogP contribution in [0.3, 0.4) is 0 Å². The number of carbonyl (C=O) groups is 3. The average molecular weight is 522 g/mol. The monoisotopic (exact) mass is 521 g/mol. The fourth-order valence-electron chi connectivity index (χ4n) is 3.24. The quantitative estimate of drug-likeness (QED) is 0.170. The zero-order valence-electron chi connectivity index (χ0n) is 21.3. The highest BCUT2D eigenvalue weighted by Crippen LogP contribution is 2.38. The van der Waals surface area contributed by atoms with Crippen molar-refractivity contribution in [3.8, 4) is 28.7 Å². The van der Waals surface area contributed by atoms with Crippen LogP contribution in [0.25, 0.3) is 0 Å².